The van der Waals surface area contributed by atoms with E-state index in [0.717, 1.165) is 23.6 Å². The number of aliphatic imine (C=N–C) groups is 1. The van der Waals surface area contributed by atoms with Crippen LogP contribution in [0.4, 0.5) is 0 Å². The Bertz CT molecular complexity index is 769. The van der Waals surface area contributed by atoms with Crippen molar-refractivity contribution in [3.8, 4) is 11.5 Å². The summed E-state index contributed by atoms with van der Waals surface area (Å²) in [6, 6.07) is 17.2. The lowest BCUT2D eigenvalue weighted by molar-refractivity contribution is 0.0671. The summed E-state index contributed by atoms with van der Waals surface area (Å²) in [5.74, 6) is 2.16. The summed E-state index contributed by atoms with van der Waals surface area (Å²) in [6.45, 7) is 5.77. The number of guanidine groups is 1. The number of hydrogen-bond donors (Lipinski definition) is 3. The molecule has 2 atom stereocenters. The molecule has 0 aromatic heterocycles. The average Bonchev–Trinajstić information content (AvgIpc) is 2.70. The zero-order valence-electron chi connectivity index (χ0n) is 16.2. The van der Waals surface area contributed by atoms with Crippen LogP contribution >= 0.6 is 24.0 Å². The number of benzene rings is 2. The van der Waals surface area contributed by atoms with Crippen LogP contribution in [0.3, 0.4) is 0 Å². The Morgan fingerprint density at radius 1 is 1.11 bits per heavy atom. The number of aliphatic hydroxyl groups is 1. The van der Waals surface area contributed by atoms with Gasteiger partial charge in [0.15, 0.2) is 17.5 Å². The third-order valence-corrected chi connectivity index (χ3v) is 4.35. The second kappa shape index (κ2) is 10.5. The third-order valence-electron chi connectivity index (χ3n) is 4.35. The predicted molar refractivity (Wildman–Crippen MR) is 122 cm³/mol. The number of halogens is 1. The van der Waals surface area contributed by atoms with E-state index in [1.54, 1.807) is 6.92 Å². The second-order valence-corrected chi connectivity index (χ2v) is 6.71. The molecule has 0 bridgehead atoms. The van der Waals surface area contributed by atoms with E-state index in [4.69, 9.17) is 9.47 Å². The van der Waals surface area contributed by atoms with Crippen LogP contribution in [0.2, 0.25) is 0 Å². The van der Waals surface area contributed by atoms with Crippen molar-refractivity contribution < 1.29 is 14.6 Å². The van der Waals surface area contributed by atoms with Gasteiger partial charge < -0.3 is 25.2 Å². The minimum atomic E-state index is -1.03. The zero-order valence-corrected chi connectivity index (χ0v) is 18.6. The molecule has 2 aromatic carbocycles. The molecule has 7 heteroatoms. The van der Waals surface area contributed by atoms with Gasteiger partial charge in [-0.3, -0.25) is 0 Å². The second-order valence-electron chi connectivity index (χ2n) is 6.71. The van der Waals surface area contributed by atoms with E-state index < -0.39 is 5.60 Å². The molecular weight excluding hydrogens is 469 g/mol. The molecule has 3 rings (SSSR count). The summed E-state index contributed by atoms with van der Waals surface area (Å²) in [5.41, 5.74) is -0.197. The fraction of sp³-hybridized carbons (Fsp3) is 0.381. The molecule has 2 unspecified atom stereocenters. The largest absolute Gasteiger partial charge is 0.486 e. The van der Waals surface area contributed by atoms with E-state index in [2.05, 4.69) is 15.6 Å². The molecule has 1 aliphatic heterocycles. The Morgan fingerprint density at radius 3 is 2.50 bits per heavy atom. The molecule has 3 N–H and O–H groups in total. The highest BCUT2D eigenvalue weighted by Crippen LogP contribution is 2.30. The Hall–Kier alpha value is -2.00. The molecule has 0 saturated heterocycles. The van der Waals surface area contributed by atoms with Crippen molar-refractivity contribution in [3.05, 3.63) is 60.2 Å². The van der Waals surface area contributed by atoms with Crippen molar-refractivity contribution in [1.82, 2.24) is 10.6 Å². The summed E-state index contributed by atoms with van der Waals surface area (Å²) in [7, 11) is 0. The van der Waals surface area contributed by atoms with Crippen molar-refractivity contribution in [2.45, 2.75) is 25.6 Å². The van der Waals surface area contributed by atoms with Crippen LogP contribution < -0.4 is 20.1 Å². The van der Waals surface area contributed by atoms with Crippen molar-refractivity contribution in [1.29, 1.82) is 0 Å². The predicted octanol–water partition coefficient (Wildman–Crippen LogP) is 2.91. The van der Waals surface area contributed by atoms with Crippen LogP contribution in [0.5, 0.6) is 11.5 Å². The SMILES string of the molecule is CCNC(=NCC(C)(O)c1ccccc1)NCC1COc2ccccc2O1.I. The van der Waals surface area contributed by atoms with Gasteiger partial charge in [-0.1, -0.05) is 42.5 Å². The van der Waals surface area contributed by atoms with E-state index in [1.165, 1.54) is 0 Å². The van der Waals surface area contributed by atoms with E-state index in [0.29, 0.717) is 19.1 Å². The van der Waals surface area contributed by atoms with Crippen LogP contribution in [0.15, 0.2) is 59.6 Å². The number of rotatable bonds is 6. The smallest absolute Gasteiger partial charge is 0.191 e. The maximum Gasteiger partial charge on any atom is 0.191 e. The quantitative estimate of drug-likeness (QED) is 0.325. The normalized spacial score (nSPS) is 17.8. The topological polar surface area (TPSA) is 75.1 Å². The number of hydrogen-bond acceptors (Lipinski definition) is 4. The first-order valence-corrected chi connectivity index (χ1v) is 9.27. The van der Waals surface area contributed by atoms with Gasteiger partial charge >= 0.3 is 0 Å². The number of nitrogens with one attached hydrogen (secondary N) is 2. The molecular formula is C21H28IN3O3. The van der Waals surface area contributed by atoms with Crippen LogP contribution in [0.1, 0.15) is 19.4 Å². The Labute approximate surface area is 183 Å². The molecule has 0 amide bonds. The lowest BCUT2D eigenvalue weighted by Gasteiger charge is -2.27. The first-order valence-electron chi connectivity index (χ1n) is 9.27. The average molecular weight is 497 g/mol. The fourth-order valence-electron chi connectivity index (χ4n) is 2.84. The summed E-state index contributed by atoms with van der Waals surface area (Å²) in [6.07, 6.45) is -0.113. The highest BCUT2D eigenvalue weighted by Gasteiger charge is 2.23. The molecule has 0 radical (unpaired) electrons. The Kier molecular flexibility index (Phi) is 8.37. The molecule has 28 heavy (non-hydrogen) atoms. The minimum Gasteiger partial charge on any atom is -0.486 e. The number of fused-ring (bicyclic) bond motifs is 1. The monoisotopic (exact) mass is 497 g/mol. The van der Waals surface area contributed by atoms with Crippen LogP contribution in [-0.2, 0) is 5.60 Å². The molecule has 1 aliphatic rings. The number of nitrogens with zero attached hydrogens (tertiary/aromatic N) is 1. The Morgan fingerprint density at radius 2 is 1.79 bits per heavy atom. The number of para-hydroxylation sites is 2. The summed E-state index contributed by atoms with van der Waals surface area (Å²) in [4.78, 5) is 4.54. The lowest BCUT2D eigenvalue weighted by Crippen LogP contribution is -2.46. The van der Waals surface area contributed by atoms with E-state index in [9.17, 15) is 5.11 Å². The van der Waals surface area contributed by atoms with Crippen molar-refractivity contribution >= 4 is 29.9 Å². The van der Waals surface area contributed by atoms with E-state index in [1.807, 2.05) is 61.5 Å². The van der Waals surface area contributed by atoms with Crippen LogP contribution in [-0.4, -0.2) is 43.4 Å². The highest BCUT2D eigenvalue weighted by atomic mass is 127. The zero-order chi connectivity index (χ0) is 19.1. The summed E-state index contributed by atoms with van der Waals surface area (Å²) < 4.78 is 11.7. The lowest BCUT2D eigenvalue weighted by atomic mass is 9.96. The van der Waals surface area contributed by atoms with Crippen molar-refractivity contribution in [3.63, 3.8) is 0 Å². The highest BCUT2D eigenvalue weighted by molar-refractivity contribution is 14.0. The standard InChI is InChI=1S/C21H27N3O3.HI/c1-3-22-20(24-15-21(2,25)16-9-5-4-6-10-16)23-13-17-14-26-18-11-7-8-12-19(18)27-17;/h4-12,17,25H,3,13-15H2,1-2H3,(H2,22,23,24);1H. The van der Waals surface area contributed by atoms with Crippen molar-refractivity contribution in [2.75, 3.05) is 26.2 Å². The third kappa shape index (κ3) is 6.00. The van der Waals surface area contributed by atoms with Gasteiger partial charge in [0.2, 0.25) is 0 Å². The minimum absolute atomic E-state index is 0. The van der Waals surface area contributed by atoms with Gasteiger partial charge in [0.25, 0.3) is 0 Å². The molecule has 0 spiro atoms. The van der Waals surface area contributed by atoms with Gasteiger partial charge in [0.1, 0.15) is 18.3 Å². The number of ether oxygens (including phenoxy) is 2. The van der Waals surface area contributed by atoms with Gasteiger partial charge in [-0.2, -0.15) is 0 Å². The van der Waals surface area contributed by atoms with Crippen LogP contribution in [0, 0.1) is 0 Å². The molecule has 6 nitrogen and oxygen atoms in total. The summed E-state index contributed by atoms with van der Waals surface area (Å²) in [5, 5.41) is 17.2. The molecule has 1 heterocycles. The molecule has 2 aromatic rings. The molecule has 152 valence electrons. The van der Waals surface area contributed by atoms with Gasteiger partial charge in [-0.15, -0.1) is 24.0 Å². The molecule has 0 saturated carbocycles. The Balaban J connectivity index is 0.00000280. The first-order chi connectivity index (χ1) is 13.1. The fourth-order valence-corrected chi connectivity index (χ4v) is 2.84. The summed E-state index contributed by atoms with van der Waals surface area (Å²) >= 11 is 0. The van der Waals surface area contributed by atoms with Crippen molar-refractivity contribution in [2.24, 2.45) is 4.99 Å². The van der Waals surface area contributed by atoms with Gasteiger partial charge in [-0.05, 0) is 31.5 Å². The van der Waals surface area contributed by atoms with Crippen LogP contribution in [0.25, 0.3) is 0 Å². The van der Waals surface area contributed by atoms with E-state index >= 15 is 0 Å². The van der Waals surface area contributed by atoms with E-state index in [-0.39, 0.29) is 36.6 Å². The van der Waals surface area contributed by atoms with Gasteiger partial charge in [0.05, 0.1) is 13.1 Å². The van der Waals surface area contributed by atoms with Gasteiger partial charge in [0, 0.05) is 6.54 Å². The molecule has 0 fully saturated rings. The maximum absolute atomic E-state index is 10.7. The maximum atomic E-state index is 10.7. The molecule has 0 aliphatic carbocycles. The van der Waals surface area contributed by atoms with Gasteiger partial charge in [-0.25, -0.2) is 4.99 Å². The first kappa shape index (κ1) is 22.3.